The van der Waals surface area contributed by atoms with Crippen LogP contribution in [0.5, 0.6) is 5.88 Å². The van der Waals surface area contributed by atoms with Gasteiger partial charge in [-0.1, -0.05) is 0 Å². The van der Waals surface area contributed by atoms with E-state index >= 15 is 0 Å². The van der Waals surface area contributed by atoms with E-state index in [0.717, 1.165) is 27.7 Å². The molecule has 0 saturated carbocycles. The average molecular weight is 426 g/mol. The third kappa shape index (κ3) is 4.20. The molecule has 0 unspecified atom stereocenters. The number of nitrogens with zero attached hydrogens (tertiary/aromatic N) is 4. The highest BCUT2D eigenvalue weighted by Gasteiger charge is 2.25. The van der Waals surface area contributed by atoms with Crippen LogP contribution in [0.4, 0.5) is 14.0 Å². The van der Waals surface area contributed by atoms with Crippen molar-refractivity contribution in [1.82, 2.24) is 19.7 Å². The van der Waals surface area contributed by atoms with Crippen molar-refractivity contribution in [1.29, 1.82) is 0 Å². The van der Waals surface area contributed by atoms with Crippen LogP contribution in [0.15, 0.2) is 18.2 Å². The second kappa shape index (κ2) is 8.58. The zero-order valence-corrected chi connectivity index (χ0v) is 16.6. The maximum Gasteiger partial charge on any atom is 0.534 e. The molecule has 0 radical (unpaired) electrons. The lowest BCUT2D eigenvalue weighted by molar-refractivity contribution is -0.109. The second-order valence-corrected chi connectivity index (χ2v) is 8.69. The summed E-state index contributed by atoms with van der Waals surface area (Å²) in [5.41, 5.74) is 0.250. The summed E-state index contributed by atoms with van der Waals surface area (Å²) in [6.45, 7) is 2.41. The molecule has 0 bridgehead atoms. The van der Waals surface area contributed by atoms with Gasteiger partial charge < -0.3 is 14.5 Å². The van der Waals surface area contributed by atoms with Gasteiger partial charge in [-0.25, -0.2) is 14.0 Å². The van der Waals surface area contributed by atoms with Crippen LogP contribution in [0, 0.1) is 5.82 Å². The predicted molar refractivity (Wildman–Crippen MR) is 105 cm³/mol. The molecule has 11 heteroatoms. The number of ether oxygens (including phenoxy) is 1. The van der Waals surface area contributed by atoms with E-state index in [1.54, 1.807) is 28.4 Å². The molecule has 2 fully saturated rings. The Morgan fingerprint density at radius 2 is 1.71 bits per heavy atom. The number of rotatable bonds is 2. The molecule has 8 nitrogen and oxygen atoms in total. The van der Waals surface area contributed by atoms with Gasteiger partial charge in [0.2, 0.25) is 0 Å². The maximum atomic E-state index is 13.8. The van der Waals surface area contributed by atoms with E-state index < -0.39 is 12.0 Å². The molecule has 3 heterocycles. The minimum Gasteiger partial charge on any atom is -0.372 e. The summed E-state index contributed by atoms with van der Waals surface area (Å²) in [7, 11) is 0. The standard InChI is InChI=1S/C17H19FN4O4S2/c18-12-1-2-13-14(11-12)22(16(23)20-3-7-27-8-4-20)19-15(13)25-17(24)26-21-5-9-28-10-6-21/h1-2,11H,3-10H2. The third-order valence-corrected chi connectivity index (χ3v) is 6.31. The molecule has 2 aromatic rings. The van der Waals surface area contributed by atoms with Gasteiger partial charge in [0.25, 0.3) is 5.88 Å². The van der Waals surface area contributed by atoms with Crippen LogP contribution in [-0.4, -0.2) is 81.1 Å². The van der Waals surface area contributed by atoms with E-state index in [2.05, 4.69) is 5.10 Å². The van der Waals surface area contributed by atoms with Crippen LogP contribution >= 0.6 is 23.5 Å². The van der Waals surface area contributed by atoms with E-state index in [0.29, 0.717) is 31.6 Å². The second-order valence-electron chi connectivity index (χ2n) is 6.25. The Balaban J connectivity index is 1.57. The lowest BCUT2D eigenvalue weighted by Crippen LogP contribution is -2.40. The fourth-order valence-electron chi connectivity index (χ4n) is 3.01. The molecule has 1 aromatic heterocycles. The molecule has 4 rings (SSSR count). The van der Waals surface area contributed by atoms with Gasteiger partial charge >= 0.3 is 12.2 Å². The van der Waals surface area contributed by atoms with Crippen LogP contribution in [-0.2, 0) is 4.84 Å². The van der Waals surface area contributed by atoms with Gasteiger partial charge in [0.1, 0.15) is 5.82 Å². The predicted octanol–water partition coefficient (Wildman–Crippen LogP) is 2.67. The Hall–Kier alpha value is -1.98. The van der Waals surface area contributed by atoms with Crippen molar-refractivity contribution >= 4 is 46.6 Å². The molecule has 1 aromatic carbocycles. The van der Waals surface area contributed by atoms with E-state index in [9.17, 15) is 14.0 Å². The smallest absolute Gasteiger partial charge is 0.372 e. The first kappa shape index (κ1) is 19.3. The Bertz CT molecular complexity index is 881. The van der Waals surface area contributed by atoms with Crippen molar-refractivity contribution in [3.05, 3.63) is 24.0 Å². The number of carbonyl (C=O) groups excluding carboxylic acids is 2. The highest BCUT2D eigenvalue weighted by Crippen LogP contribution is 2.27. The van der Waals surface area contributed by atoms with Crippen molar-refractivity contribution in [3.63, 3.8) is 0 Å². The van der Waals surface area contributed by atoms with Gasteiger partial charge in [-0.05, 0) is 12.1 Å². The fourth-order valence-corrected chi connectivity index (χ4v) is 4.78. The van der Waals surface area contributed by atoms with Gasteiger partial charge in [-0.15, -0.1) is 10.2 Å². The number of amides is 1. The Morgan fingerprint density at radius 3 is 2.43 bits per heavy atom. The maximum absolute atomic E-state index is 13.8. The lowest BCUT2D eigenvalue weighted by Gasteiger charge is -2.25. The van der Waals surface area contributed by atoms with Gasteiger partial charge in [0.15, 0.2) is 0 Å². The Labute approximate surface area is 169 Å². The summed E-state index contributed by atoms with van der Waals surface area (Å²) in [4.78, 5) is 31.9. The summed E-state index contributed by atoms with van der Waals surface area (Å²) in [5, 5.41) is 6.05. The molecule has 0 spiro atoms. The van der Waals surface area contributed by atoms with Gasteiger partial charge in [0, 0.05) is 55.3 Å². The number of benzene rings is 1. The number of hydrogen-bond acceptors (Lipinski definition) is 8. The van der Waals surface area contributed by atoms with Crippen LogP contribution < -0.4 is 4.74 Å². The first-order valence-corrected chi connectivity index (χ1v) is 11.2. The summed E-state index contributed by atoms with van der Waals surface area (Å²) >= 11 is 3.56. The fraction of sp³-hybridized carbons (Fsp3) is 0.471. The van der Waals surface area contributed by atoms with Crippen molar-refractivity contribution in [2.45, 2.75) is 0 Å². The van der Waals surface area contributed by atoms with E-state index in [1.165, 1.54) is 23.3 Å². The number of thioether (sulfide) groups is 2. The highest BCUT2D eigenvalue weighted by molar-refractivity contribution is 7.99. The summed E-state index contributed by atoms with van der Waals surface area (Å²) in [5.74, 6) is 2.83. The zero-order chi connectivity index (χ0) is 19.5. The zero-order valence-electron chi connectivity index (χ0n) is 15.0. The van der Waals surface area contributed by atoms with Crippen LogP contribution in [0.3, 0.4) is 0 Å². The molecule has 1 amide bonds. The molecule has 28 heavy (non-hydrogen) atoms. The first-order valence-electron chi connectivity index (χ1n) is 8.89. The Morgan fingerprint density at radius 1 is 1.04 bits per heavy atom. The number of fused-ring (bicyclic) bond motifs is 1. The number of halogens is 1. The number of hydroxylamine groups is 2. The molecular weight excluding hydrogens is 407 g/mol. The quantitative estimate of drug-likeness (QED) is 0.679. The van der Waals surface area contributed by atoms with E-state index in [1.807, 2.05) is 0 Å². The number of hydrogen-bond donors (Lipinski definition) is 0. The normalized spacial score (nSPS) is 18.2. The average Bonchev–Trinajstić information content (AvgIpc) is 3.06. The third-order valence-electron chi connectivity index (χ3n) is 4.43. The molecule has 2 aliphatic heterocycles. The van der Waals surface area contributed by atoms with Crippen molar-refractivity contribution in [3.8, 4) is 5.88 Å². The molecule has 2 saturated heterocycles. The topological polar surface area (TPSA) is 76.9 Å². The number of aromatic nitrogens is 2. The summed E-state index contributed by atoms with van der Waals surface area (Å²) < 4.78 is 20.1. The molecular formula is C17H19FN4O4S2. The van der Waals surface area contributed by atoms with E-state index in [-0.39, 0.29) is 17.4 Å². The minimum atomic E-state index is -0.926. The van der Waals surface area contributed by atoms with Crippen LogP contribution in [0.2, 0.25) is 0 Å². The Kier molecular flexibility index (Phi) is 5.93. The first-order chi connectivity index (χ1) is 13.6. The minimum absolute atomic E-state index is 0.0777. The molecule has 0 N–H and O–H groups in total. The molecule has 2 aliphatic rings. The SMILES string of the molecule is O=C(Oc1nn(C(=O)N2CCSCC2)c2cc(F)ccc12)ON1CCSCC1. The largest absolute Gasteiger partial charge is 0.534 e. The lowest BCUT2D eigenvalue weighted by atomic mass is 10.2. The van der Waals surface area contributed by atoms with Crippen molar-refractivity contribution in [2.75, 3.05) is 49.2 Å². The summed E-state index contributed by atoms with van der Waals surface area (Å²) in [6, 6.07) is 3.51. The van der Waals surface area contributed by atoms with Gasteiger partial charge in [-0.2, -0.15) is 28.2 Å². The van der Waals surface area contributed by atoms with Gasteiger partial charge in [0.05, 0.1) is 10.9 Å². The summed E-state index contributed by atoms with van der Waals surface area (Å²) in [6.07, 6.45) is -0.926. The molecule has 0 aliphatic carbocycles. The monoisotopic (exact) mass is 426 g/mol. The molecule has 0 atom stereocenters. The van der Waals surface area contributed by atoms with Crippen molar-refractivity contribution in [2.24, 2.45) is 0 Å². The number of carbonyl (C=O) groups is 2. The van der Waals surface area contributed by atoms with Crippen LogP contribution in [0.25, 0.3) is 10.9 Å². The van der Waals surface area contributed by atoms with Crippen molar-refractivity contribution < 1.29 is 23.6 Å². The van der Waals surface area contributed by atoms with E-state index in [4.69, 9.17) is 9.57 Å². The van der Waals surface area contributed by atoms with Crippen LogP contribution in [0.1, 0.15) is 0 Å². The molecule has 150 valence electrons. The highest BCUT2D eigenvalue weighted by atomic mass is 32.2. The van der Waals surface area contributed by atoms with Gasteiger partial charge in [-0.3, -0.25) is 0 Å².